The van der Waals surface area contributed by atoms with Crippen LogP contribution >= 0.6 is 0 Å². The van der Waals surface area contributed by atoms with Gasteiger partial charge in [-0.25, -0.2) is 0 Å². The maximum atomic E-state index is 2.40. The summed E-state index contributed by atoms with van der Waals surface area (Å²) in [5, 5.41) is 0. The van der Waals surface area contributed by atoms with Crippen molar-refractivity contribution in [2.24, 2.45) is 5.92 Å². The standard InChI is InChI=1S/C20H34/c1-3-4-5-6-7-8-9-10-12-15-19(2)18-20-16-13-11-14-17-20/h11,13-14,16-17,19H,3-10,12,15,18H2,1-2H3/t19-/m1/s1. The van der Waals surface area contributed by atoms with Crippen LogP contribution in [0, 0.1) is 5.92 Å². The summed E-state index contributed by atoms with van der Waals surface area (Å²) < 4.78 is 0. The van der Waals surface area contributed by atoms with Crippen LogP contribution in [0.15, 0.2) is 30.3 Å². The molecular formula is C20H34. The summed E-state index contributed by atoms with van der Waals surface area (Å²) in [6.07, 6.45) is 15.6. The maximum Gasteiger partial charge on any atom is -0.0253 e. The van der Waals surface area contributed by atoms with Crippen LogP contribution in [-0.2, 0) is 6.42 Å². The van der Waals surface area contributed by atoms with Gasteiger partial charge in [0.25, 0.3) is 0 Å². The predicted octanol–water partition coefficient (Wildman–Crippen LogP) is 6.79. The van der Waals surface area contributed by atoms with E-state index in [1.54, 1.807) is 0 Å². The first kappa shape index (κ1) is 17.3. The van der Waals surface area contributed by atoms with Crippen molar-refractivity contribution in [2.45, 2.75) is 84.5 Å². The number of hydrogen-bond acceptors (Lipinski definition) is 0. The van der Waals surface area contributed by atoms with Gasteiger partial charge in [-0.05, 0) is 17.9 Å². The molecule has 0 unspecified atom stereocenters. The molecule has 1 atom stereocenters. The Morgan fingerprint density at radius 3 is 1.90 bits per heavy atom. The zero-order valence-electron chi connectivity index (χ0n) is 13.7. The normalized spacial score (nSPS) is 12.5. The highest BCUT2D eigenvalue weighted by molar-refractivity contribution is 5.14. The minimum absolute atomic E-state index is 0.835. The van der Waals surface area contributed by atoms with E-state index in [1.807, 2.05) is 0 Å². The fourth-order valence-electron chi connectivity index (χ4n) is 2.92. The van der Waals surface area contributed by atoms with Gasteiger partial charge in [-0.3, -0.25) is 0 Å². The average molecular weight is 274 g/mol. The van der Waals surface area contributed by atoms with Gasteiger partial charge in [0.2, 0.25) is 0 Å². The van der Waals surface area contributed by atoms with Gasteiger partial charge in [0.05, 0.1) is 0 Å². The second kappa shape index (κ2) is 12.0. The maximum absolute atomic E-state index is 2.40. The van der Waals surface area contributed by atoms with E-state index in [1.165, 1.54) is 76.2 Å². The highest BCUT2D eigenvalue weighted by Crippen LogP contribution is 2.16. The topological polar surface area (TPSA) is 0 Å². The zero-order valence-corrected chi connectivity index (χ0v) is 13.7. The molecule has 0 bridgehead atoms. The molecule has 0 amide bonds. The van der Waals surface area contributed by atoms with Crippen LogP contribution in [0.3, 0.4) is 0 Å². The van der Waals surface area contributed by atoms with Gasteiger partial charge in [-0.1, -0.05) is 108 Å². The van der Waals surface area contributed by atoms with Crippen molar-refractivity contribution < 1.29 is 0 Å². The molecular weight excluding hydrogens is 240 g/mol. The molecule has 20 heavy (non-hydrogen) atoms. The van der Waals surface area contributed by atoms with Crippen molar-refractivity contribution >= 4 is 0 Å². The third kappa shape index (κ3) is 9.18. The number of benzene rings is 1. The van der Waals surface area contributed by atoms with Gasteiger partial charge in [0, 0.05) is 0 Å². The van der Waals surface area contributed by atoms with Gasteiger partial charge < -0.3 is 0 Å². The van der Waals surface area contributed by atoms with Gasteiger partial charge in [0.1, 0.15) is 0 Å². The van der Waals surface area contributed by atoms with E-state index in [4.69, 9.17) is 0 Å². The van der Waals surface area contributed by atoms with E-state index in [-0.39, 0.29) is 0 Å². The molecule has 0 aromatic heterocycles. The van der Waals surface area contributed by atoms with Crippen LogP contribution in [0.2, 0.25) is 0 Å². The summed E-state index contributed by atoms with van der Waals surface area (Å²) in [7, 11) is 0. The molecule has 0 aliphatic heterocycles. The third-order valence-corrected chi connectivity index (χ3v) is 4.23. The summed E-state index contributed by atoms with van der Waals surface area (Å²) >= 11 is 0. The van der Waals surface area contributed by atoms with Gasteiger partial charge in [-0.15, -0.1) is 0 Å². The minimum Gasteiger partial charge on any atom is -0.0654 e. The molecule has 0 heterocycles. The van der Waals surface area contributed by atoms with Gasteiger partial charge in [0.15, 0.2) is 0 Å². The van der Waals surface area contributed by atoms with E-state index in [0.717, 1.165) is 5.92 Å². The Hall–Kier alpha value is -0.780. The lowest BCUT2D eigenvalue weighted by Gasteiger charge is -2.11. The van der Waals surface area contributed by atoms with Crippen LogP contribution in [0.1, 0.15) is 83.6 Å². The van der Waals surface area contributed by atoms with Crippen molar-refractivity contribution in [2.75, 3.05) is 0 Å². The zero-order chi connectivity index (χ0) is 14.5. The Bertz CT molecular complexity index is 301. The fourth-order valence-corrected chi connectivity index (χ4v) is 2.92. The van der Waals surface area contributed by atoms with Crippen LogP contribution in [-0.4, -0.2) is 0 Å². The van der Waals surface area contributed by atoms with Crippen molar-refractivity contribution in [3.8, 4) is 0 Å². The lowest BCUT2D eigenvalue weighted by molar-refractivity contribution is 0.478. The molecule has 0 saturated carbocycles. The molecule has 0 heteroatoms. The second-order valence-electron chi connectivity index (χ2n) is 6.41. The second-order valence-corrected chi connectivity index (χ2v) is 6.41. The first-order valence-corrected chi connectivity index (χ1v) is 8.87. The van der Waals surface area contributed by atoms with Crippen LogP contribution < -0.4 is 0 Å². The SMILES string of the molecule is CCCCCCCCCCC[C@@H](C)Cc1ccccc1. The molecule has 0 saturated heterocycles. The first-order valence-electron chi connectivity index (χ1n) is 8.87. The minimum atomic E-state index is 0.835. The molecule has 1 rings (SSSR count). The van der Waals surface area contributed by atoms with Crippen molar-refractivity contribution in [3.05, 3.63) is 35.9 Å². The van der Waals surface area contributed by atoms with Crippen LogP contribution in [0.25, 0.3) is 0 Å². The molecule has 0 spiro atoms. The van der Waals surface area contributed by atoms with E-state index >= 15 is 0 Å². The fraction of sp³-hybridized carbons (Fsp3) is 0.700. The average Bonchev–Trinajstić information content (AvgIpc) is 2.46. The van der Waals surface area contributed by atoms with Gasteiger partial charge in [-0.2, -0.15) is 0 Å². The Labute approximate surface area is 127 Å². The van der Waals surface area contributed by atoms with Crippen LogP contribution in [0.5, 0.6) is 0 Å². The van der Waals surface area contributed by atoms with Crippen molar-refractivity contribution in [1.29, 1.82) is 0 Å². The third-order valence-electron chi connectivity index (χ3n) is 4.23. The van der Waals surface area contributed by atoms with E-state index in [9.17, 15) is 0 Å². The number of rotatable bonds is 12. The molecule has 0 aliphatic carbocycles. The van der Waals surface area contributed by atoms with E-state index < -0.39 is 0 Å². The summed E-state index contributed by atoms with van der Waals surface area (Å²) in [4.78, 5) is 0. The highest BCUT2D eigenvalue weighted by atomic mass is 14.1. The molecule has 1 aromatic carbocycles. The molecule has 0 radical (unpaired) electrons. The van der Waals surface area contributed by atoms with Crippen molar-refractivity contribution in [3.63, 3.8) is 0 Å². The Kier molecular flexibility index (Phi) is 10.4. The molecule has 0 fully saturated rings. The molecule has 114 valence electrons. The van der Waals surface area contributed by atoms with Crippen molar-refractivity contribution in [1.82, 2.24) is 0 Å². The Morgan fingerprint density at radius 1 is 0.750 bits per heavy atom. The predicted molar refractivity (Wildman–Crippen MR) is 91.2 cm³/mol. The Balaban J connectivity index is 1.91. The molecule has 0 aliphatic rings. The lowest BCUT2D eigenvalue weighted by atomic mass is 9.95. The molecule has 1 aromatic rings. The molecule has 0 N–H and O–H groups in total. The Morgan fingerprint density at radius 2 is 1.30 bits per heavy atom. The summed E-state index contributed by atoms with van der Waals surface area (Å²) in [5.74, 6) is 0.835. The van der Waals surface area contributed by atoms with E-state index in [2.05, 4.69) is 44.2 Å². The summed E-state index contributed by atoms with van der Waals surface area (Å²) in [6.45, 7) is 4.69. The highest BCUT2D eigenvalue weighted by Gasteiger charge is 2.03. The molecule has 0 nitrogen and oxygen atoms in total. The van der Waals surface area contributed by atoms with Gasteiger partial charge >= 0.3 is 0 Å². The monoisotopic (exact) mass is 274 g/mol. The lowest BCUT2D eigenvalue weighted by Crippen LogP contribution is -1.99. The first-order chi connectivity index (χ1) is 9.83. The number of hydrogen-bond donors (Lipinski definition) is 0. The largest absolute Gasteiger partial charge is 0.0654 e. The summed E-state index contributed by atoms with van der Waals surface area (Å²) in [6, 6.07) is 10.9. The smallest absolute Gasteiger partial charge is 0.0253 e. The van der Waals surface area contributed by atoms with Crippen LogP contribution in [0.4, 0.5) is 0 Å². The van der Waals surface area contributed by atoms with E-state index in [0.29, 0.717) is 0 Å². The number of unbranched alkanes of at least 4 members (excludes halogenated alkanes) is 8. The summed E-state index contributed by atoms with van der Waals surface area (Å²) in [5.41, 5.74) is 1.50. The quantitative estimate of drug-likeness (QED) is 0.368.